The maximum absolute atomic E-state index is 12.5. The van der Waals surface area contributed by atoms with Gasteiger partial charge in [-0.25, -0.2) is 13.1 Å². The maximum Gasteiger partial charge on any atom is 0.270 e. The number of methoxy groups -OCH3 is 1. The Balaban J connectivity index is 2.16. The van der Waals surface area contributed by atoms with Crippen molar-refractivity contribution in [1.82, 2.24) is 14.9 Å². The molecule has 0 unspecified atom stereocenters. The van der Waals surface area contributed by atoms with E-state index in [2.05, 4.69) is 20.2 Å². The van der Waals surface area contributed by atoms with Crippen molar-refractivity contribution in [3.8, 4) is 5.75 Å². The molecule has 0 fully saturated rings. The van der Waals surface area contributed by atoms with Gasteiger partial charge in [-0.15, -0.1) is 10.2 Å². The van der Waals surface area contributed by atoms with Gasteiger partial charge >= 0.3 is 0 Å². The van der Waals surface area contributed by atoms with Gasteiger partial charge in [0.1, 0.15) is 5.75 Å². The third-order valence-electron chi connectivity index (χ3n) is 3.43. The fraction of sp³-hybridized carbons (Fsp3) is 0.400. The van der Waals surface area contributed by atoms with Crippen molar-refractivity contribution in [2.75, 3.05) is 12.4 Å². The van der Waals surface area contributed by atoms with Gasteiger partial charge < -0.3 is 10.1 Å². The average molecular weight is 384 g/mol. The summed E-state index contributed by atoms with van der Waals surface area (Å²) in [5, 5.41) is 10.0. The Kier molecular flexibility index (Phi) is 6.45. The van der Waals surface area contributed by atoms with E-state index in [1.807, 2.05) is 19.1 Å². The number of sulfonamides is 1. The number of aromatic nitrogens is 2. The molecule has 0 saturated heterocycles. The highest BCUT2D eigenvalue weighted by Crippen LogP contribution is 2.25. The number of nitrogens with one attached hydrogen (secondary N) is 2. The van der Waals surface area contributed by atoms with Gasteiger partial charge in [0.15, 0.2) is 0 Å². The molecule has 0 aliphatic rings. The second-order valence-electron chi connectivity index (χ2n) is 5.13. The molecule has 136 valence electrons. The van der Waals surface area contributed by atoms with Crippen LogP contribution in [-0.2, 0) is 14.8 Å². The monoisotopic (exact) mass is 384 g/mol. The molecule has 8 nitrogen and oxygen atoms in total. The Morgan fingerprint density at radius 2 is 1.92 bits per heavy atom. The van der Waals surface area contributed by atoms with Crippen molar-refractivity contribution in [3.05, 3.63) is 29.8 Å². The highest BCUT2D eigenvalue weighted by molar-refractivity contribution is 7.91. The van der Waals surface area contributed by atoms with Gasteiger partial charge in [0.2, 0.25) is 15.4 Å². The van der Waals surface area contributed by atoms with Crippen molar-refractivity contribution in [3.63, 3.8) is 0 Å². The van der Waals surface area contributed by atoms with Crippen LogP contribution in [0, 0.1) is 0 Å². The Morgan fingerprint density at radius 3 is 2.48 bits per heavy atom. The van der Waals surface area contributed by atoms with E-state index >= 15 is 0 Å². The van der Waals surface area contributed by atoms with Gasteiger partial charge in [-0.1, -0.05) is 37.3 Å². The van der Waals surface area contributed by atoms with Gasteiger partial charge in [0.25, 0.3) is 10.0 Å². The molecule has 0 aliphatic heterocycles. The van der Waals surface area contributed by atoms with Crippen LogP contribution in [0.3, 0.4) is 0 Å². The average Bonchev–Trinajstić information content (AvgIpc) is 3.09. The lowest BCUT2D eigenvalue weighted by Gasteiger charge is -2.16. The minimum Gasteiger partial charge on any atom is -0.497 e. The topological polar surface area (TPSA) is 110 Å². The fourth-order valence-electron chi connectivity index (χ4n) is 2.04. The summed E-state index contributed by atoms with van der Waals surface area (Å²) >= 11 is 0.813. The molecule has 1 heterocycles. The summed E-state index contributed by atoms with van der Waals surface area (Å²) in [6.45, 7) is 3.57. The zero-order chi connectivity index (χ0) is 18.4. The summed E-state index contributed by atoms with van der Waals surface area (Å²) in [5.74, 6) is 0.444. The third kappa shape index (κ3) is 4.97. The normalized spacial score (nSPS) is 12.6. The highest BCUT2D eigenvalue weighted by Gasteiger charge is 2.24. The summed E-state index contributed by atoms with van der Waals surface area (Å²) in [5.41, 5.74) is 0.816. The van der Waals surface area contributed by atoms with Gasteiger partial charge in [-0.2, -0.15) is 0 Å². The van der Waals surface area contributed by atoms with E-state index in [-0.39, 0.29) is 21.8 Å². The first-order valence-corrected chi connectivity index (χ1v) is 9.99. The molecule has 1 amide bonds. The van der Waals surface area contributed by atoms with E-state index in [1.54, 1.807) is 26.2 Å². The third-order valence-corrected chi connectivity index (χ3v) is 6.11. The number of carbonyl (C=O) groups is 1. The standard InChI is InChI=1S/C15H20N4O4S2/c1-4-12(10-6-8-11(23-3)9-7-10)19-25(21,22)15-18-17-14(24-15)16-13(20)5-2/h6-9,12,19H,4-5H2,1-3H3,(H,16,17,20)/t12-/m1/s1. The fourth-order valence-corrected chi connectivity index (χ4v) is 4.28. The summed E-state index contributed by atoms with van der Waals surface area (Å²) in [6.07, 6.45) is 0.832. The van der Waals surface area contributed by atoms with Crippen molar-refractivity contribution >= 4 is 32.4 Å². The van der Waals surface area contributed by atoms with Crippen LogP contribution < -0.4 is 14.8 Å². The molecule has 0 saturated carbocycles. The Labute approximate surface area is 150 Å². The van der Waals surface area contributed by atoms with Crippen LogP contribution in [0.2, 0.25) is 0 Å². The summed E-state index contributed by atoms with van der Waals surface area (Å²) in [6, 6.07) is 6.75. The van der Waals surface area contributed by atoms with E-state index in [0.717, 1.165) is 16.9 Å². The Bertz CT molecular complexity index is 818. The number of carbonyl (C=O) groups excluding carboxylic acids is 1. The molecule has 1 aromatic carbocycles. The van der Waals surface area contributed by atoms with E-state index in [0.29, 0.717) is 12.2 Å². The number of benzene rings is 1. The lowest BCUT2D eigenvalue weighted by atomic mass is 10.1. The number of anilines is 1. The number of hydrogen-bond donors (Lipinski definition) is 2. The number of nitrogens with zero attached hydrogens (tertiary/aromatic N) is 2. The first-order chi connectivity index (χ1) is 11.9. The molecular formula is C15H20N4O4S2. The van der Waals surface area contributed by atoms with Crippen molar-refractivity contribution in [2.45, 2.75) is 37.1 Å². The first kappa shape index (κ1) is 19.3. The van der Waals surface area contributed by atoms with Crippen LogP contribution in [-0.4, -0.2) is 31.6 Å². The Hall–Kier alpha value is -2.04. The van der Waals surface area contributed by atoms with Crippen LogP contribution in [0.4, 0.5) is 5.13 Å². The molecule has 0 aliphatic carbocycles. The number of amides is 1. The summed E-state index contributed by atoms with van der Waals surface area (Å²) in [4.78, 5) is 11.4. The molecule has 0 spiro atoms. The van der Waals surface area contributed by atoms with Crippen molar-refractivity contribution in [2.24, 2.45) is 0 Å². The molecular weight excluding hydrogens is 364 g/mol. The largest absolute Gasteiger partial charge is 0.497 e. The molecule has 2 N–H and O–H groups in total. The summed E-state index contributed by atoms with van der Waals surface area (Å²) < 4.78 is 32.6. The van der Waals surface area contributed by atoms with Gasteiger partial charge in [0, 0.05) is 12.5 Å². The second-order valence-corrected chi connectivity index (χ2v) is 8.00. The summed E-state index contributed by atoms with van der Waals surface area (Å²) in [7, 11) is -2.28. The quantitative estimate of drug-likeness (QED) is 0.676. The van der Waals surface area contributed by atoms with Crippen LogP contribution >= 0.6 is 11.3 Å². The van der Waals surface area contributed by atoms with E-state index in [4.69, 9.17) is 4.74 Å². The molecule has 25 heavy (non-hydrogen) atoms. The van der Waals surface area contributed by atoms with Gasteiger partial charge in [0.05, 0.1) is 7.11 Å². The maximum atomic E-state index is 12.5. The van der Waals surface area contributed by atoms with E-state index in [1.165, 1.54) is 0 Å². The molecule has 0 bridgehead atoms. The minimum absolute atomic E-state index is 0.157. The van der Waals surface area contributed by atoms with Crippen LogP contribution in [0.5, 0.6) is 5.75 Å². The molecule has 2 rings (SSSR count). The lowest BCUT2D eigenvalue weighted by molar-refractivity contribution is -0.115. The van der Waals surface area contributed by atoms with Gasteiger partial charge in [-0.05, 0) is 24.1 Å². The van der Waals surface area contributed by atoms with Crippen molar-refractivity contribution in [1.29, 1.82) is 0 Å². The highest BCUT2D eigenvalue weighted by atomic mass is 32.2. The molecule has 0 radical (unpaired) electrons. The number of ether oxygens (including phenoxy) is 1. The molecule has 10 heteroatoms. The SMILES string of the molecule is CCC(=O)Nc1nnc(S(=O)(=O)N[C@H](CC)c2ccc(OC)cc2)s1. The number of hydrogen-bond acceptors (Lipinski definition) is 7. The second kappa shape index (κ2) is 8.37. The smallest absolute Gasteiger partial charge is 0.270 e. The number of rotatable bonds is 8. The van der Waals surface area contributed by atoms with Crippen LogP contribution in [0.1, 0.15) is 38.3 Å². The molecule has 2 aromatic rings. The van der Waals surface area contributed by atoms with E-state index in [9.17, 15) is 13.2 Å². The first-order valence-electron chi connectivity index (χ1n) is 7.69. The predicted molar refractivity (Wildman–Crippen MR) is 95.2 cm³/mol. The van der Waals surface area contributed by atoms with E-state index < -0.39 is 16.1 Å². The van der Waals surface area contributed by atoms with Crippen LogP contribution in [0.25, 0.3) is 0 Å². The zero-order valence-corrected chi connectivity index (χ0v) is 15.8. The lowest BCUT2D eigenvalue weighted by Crippen LogP contribution is -2.28. The molecule has 1 atom stereocenters. The predicted octanol–water partition coefficient (Wildman–Crippen LogP) is 2.32. The zero-order valence-electron chi connectivity index (χ0n) is 14.1. The minimum atomic E-state index is -3.84. The van der Waals surface area contributed by atoms with Crippen molar-refractivity contribution < 1.29 is 17.9 Å². The molecule has 1 aromatic heterocycles. The van der Waals surface area contributed by atoms with Crippen LogP contribution in [0.15, 0.2) is 28.6 Å². The Morgan fingerprint density at radius 1 is 1.24 bits per heavy atom. The van der Waals surface area contributed by atoms with Gasteiger partial charge in [-0.3, -0.25) is 4.79 Å².